The molecule has 0 saturated carbocycles. The fourth-order valence-electron chi connectivity index (χ4n) is 2.31. The zero-order chi connectivity index (χ0) is 20.2. The summed E-state index contributed by atoms with van der Waals surface area (Å²) in [6.45, 7) is -1.00. The summed E-state index contributed by atoms with van der Waals surface area (Å²) in [6, 6.07) is 7.49. The zero-order valence-corrected chi connectivity index (χ0v) is 14.4. The van der Waals surface area contributed by atoms with Crippen LogP contribution in [0.5, 0.6) is 0 Å². The molecule has 1 aromatic carbocycles. The molecule has 0 unspecified atom stereocenters. The summed E-state index contributed by atoms with van der Waals surface area (Å²) >= 11 is 5.55. The fourth-order valence-corrected chi connectivity index (χ4v) is 2.54. The number of amides is 1. The minimum absolute atomic E-state index is 0.141. The highest BCUT2D eigenvalue weighted by atomic mass is 35.5. The number of benzene rings is 1. The molecule has 0 radical (unpaired) electrons. The Bertz CT molecular complexity index is 950. The van der Waals surface area contributed by atoms with Crippen LogP contribution in [0, 0.1) is 17.1 Å². The molecule has 27 heavy (non-hydrogen) atoms. The highest BCUT2D eigenvalue weighted by molar-refractivity contribution is 6.30. The first-order chi connectivity index (χ1) is 12.6. The van der Waals surface area contributed by atoms with E-state index >= 15 is 0 Å². The molecule has 0 spiro atoms. The first kappa shape index (κ1) is 20.5. The lowest BCUT2D eigenvalue weighted by Crippen LogP contribution is -2.38. The molecule has 0 N–H and O–H groups in total. The summed E-state index contributed by atoms with van der Waals surface area (Å²) in [6.07, 6.45) is -4.44. The van der Waals surface area contributed by atoms with Crippen molar-refractivity contribution >= 4 is 23.2 Å². The van der Waals surface area contributed by atoms with Gasteiger partial charge in [-0.1, -0.05) is 23.7 Å². The molecule has 0 fully saturated rings. The molecule has 142 valence electrons. The number of aromatic nitrogens is 1. The molecule has 10 heteroatoms. The maximum atomic E-state index is 14.0. The lowest BCUT2D eigenvalue weighted by atomic mass is 10.2. The van der Waals surface area contributed by atoms with E-state index in [1.54, 1.807) is 6.07 Å². The van der Waals surface area contributed by atoms with Crippen LogP contribution in [0.25, 0.3) is 0 Å². The summed E-state index contributed by atoms with van der Waals surface area (Å²) in [4.78, 5) is 25.5. The van der Waals surface area contributed by atoms with Crippen molar-refractivity contribution in [1.82, 2.24) is 4.57 Å². The lowest BCUT2D eigenvalue weighted by Gasteiger charge is -2.23. The van der Waals surface area contributed by atoms with E-state index in [4.69, 9.17) is 16.9 Å². The predicted molar refractivity (Wildman–Crippen MR) is 89.7 cm³/mol. The van der Waals surface area contributed by atoms with Crippen molar-refractivity contribution < 1.29 is 22.4 Å². The number of pyridine rings is 1. The molecule has 2 aromatic rings. The van der Waals surface area contributed by atoms with Gasteiger partial charge in [0.2, 0.25) is 5.91 Å². The van der Waals surface area contributed by atoms with Crippen molar-refractivity contribution in [2.45, 2.75) is 19.1 Å². The summed E-state index contributed by atoms with van der Waals surface area (Å²) in [5.41, 5.74) is -2.34. The maximum absolute atomic E-state index is 14.0. The molecular formula is C17H12ClF4N3O2. The highest BCUT2D eigenvalue weighted by Gasteiger charge is 2.32. The second-order valence-electron chi connectivity index (χ2n) is 5.41. The summed E-state index contributed by atoms with van der Waals surface area (Å²) in [5.74, 6) is -1.62. The lowest BCUT2D eigenvalue weighted by molar-refractivity contribution is -0.138. The average Bonchev–Trinajstić information content (AvgIpc) is 2.59. The van der Waals surface area contributed by atoms with Crippen molar-refractivity contribution in [2.75, 3.05) is 11.4 Å². The van der Waals surface area contributed by atoms with Gasteiger partial charge >= 0.3 is 6.18 Å². The van der Waals surface area contributed by atoms with E-state index in [0.717, 1.165) is 11.0 Å². The van der Waals surface area contributed by atoms with E-state index in [0.29, 0.717) is 16.8 Å². The van der Waals surface area contributed by atoms with Crippen molar-refractivity contribution in [1.29, 1.82) is 5.26 Å². The molecule has 0 aliphatic rings. The largest absolute Gasteiger partial charge is 0.417 e. The quantitative estimate of drug-likeness (QED) is 0.719. The molecular weight excluding hydrogens is 390 g/mol. The molecule has 0 aliphatic heterocycles. The van der Waals surface area contributed by atoms with Gasteiger partial charge in [-0.15, -0.1) is 0 Å². The Morgan fingerprint density at radius 2 is 1.96 bits per heavy atom. The molecule has 0 aliphatic carbocycles. The summed E-state index contributed by atoms with van der Waals surface area (Å²) < 4.78 is 53.2. The second-order valence-corrected chi connectivity index (χ2v) is 5.82. The minimum atomic E-state index is -4.77. The van der Waals surface area contributed by atoms with Crippen LogP contribution in [0.1, 0.15) is 12.0 Å². The number of carbonyl (C=O) groups excluding carboxylic acids is 1. The Kier molecular flexibility index (Phi) is 6.23. The molecule has 2 rings (SSSR count). The Morgan fingerprint density at radius 3 is 2.56 bits per heavy atom. The number of nitrogens with zero attached hydrogens (tertiary/aromatic N) is 3. The fraction of sp³-hybridized carbons (Fsp3) is 0.235. The van der Waals surface area contributed by atoms with Gasteiger partial charge in [0.15, 0.2) is 0 Å². The molecule has 1 heterocycles. The molecule has 0 bridgehead atoms. The standard InChI is InChI=1S/C17H12ClF4N3O2/c18-12-8-11(17(20,21)22)9-24(16(12)27)10-15(26)25(7-3-6-23)14-5-2-1-4-13(14)19/h1-2,4-5,8-9H,3,7,10H2. The van der Waals surface area contributed by atoms with E-state index in [-0.39, 0.29) is 18.7 Å². The SMILES string of the molecule is N#CCCN(C(=O)Cn1cc(C(F)(F)F)cc(Cl)c1=O)c1ccccc1F. The monoisotopic (exact) mass is 401 g/mol. The van der Waals surface area contributed by atoms with Crippen LogP contribution in [-0.4, -0.2) is 17.0 Å². The van der Waals surface area contributed by atoms with Gasteiger partial charge in [-0.3, -0.25) is 9.59 Å². The van der Waals surface area contributed by atoms with E-state index in [2.05, 4.69) is 0 Å². The first-order valence-electron chi connectivity index (χ1n) is 7.54. The summed E-state index contributed by atoms with van der Waals surface area (Å²) in [7, 11) is 0. The predicted octanol–water partition coefficient (Wildman–Crippen LogP) is 3.61. The van der Waals surface area contributed by atoms with Crippen LogP contribution in [0.4, 0.5) is 23.2 Å². The number of anilines is 1. The number of hydrogen-bond acceptors (Lipinski definition) is 3. The number of nitriles is 1. The number of hydrogen-bond donors (Lipinski definition) is 0. The van der Waals surface area contributed by atoms with Crippen LogP contribution in [0.15, 0.2) is 41.3 Å². The normalized spacial score (nSPS) is 11.1. The average molecular weight is 402 g/mol. The van der Waals surface area contributed by atoms with Crippen LogP contribution < -0.4 is 10.5 Å². The van der Waals surface area contributed by atoms with Crippen molar-refractivity contribution in [3.63, 3.8) is 0 Å². The van der Waals surface area contributed by atoms with Gasteiger partial charge in [-0.25, -0.2) is 4.39 Å². The maximum Gasteiger partial charge on any atom is 0.417 e. The van der Waals surface area contributed by atoms with E-state index < -0.39 is 40.6 Å². The van der Waals surface area contributed by atoms with Gasteiger partial charge in [-0.05, 0) is 18.2 Å². The van der Waals surface area contributed by atoms with Gasteiger partial charge in [0.1, 0.15) is 17.4 Å². The van der Waals surface area contributed by atoms with E-state index in [9.17, 15) is 27.2 Å². The highest BCUT2D eigenvalue weighted by Crippen LogP contribution is 2.29. The molecule has 1 aromatic heterocycles. The van der Waals surface area contributed by atoms with Gasteiger partial charge in [0.05, 0.1) is 23.7 Å². The topological polar surface area (TPSA) is 66.1 Å². The van der Waals surface area contributed by atoms with E-state index in [1.807, 2.05) is 0 Å². The van der Waals surface area contributed by atoms with Crippen molar-refractivity contribution in [3.8, 4) is 6.07 Å². The number of halogens is 5. The number of rotatable bonds is 5. The van der Waals surface area contributed by atoms with Crippen molar-refractivity contribution in [3.05, 3.63) is 63.3 Å². The Balaban J connectivity index is 2.41. The van der Waals surface area contributed by atoms with Crippen LogP contribution in [0.2, 0.25) is 5.02 Å². The minimum Gasteiger partial charge on any atom is -0.307 e. The van der Waals surface area contributed by atoms with Crippen molar-refractivity contribution in [2.24, 2.45) is 0 Å². The molecule has 0 saturated heterocycles. The molecule has 0 atom stereocenters. The molecule has 1 amide bonds. The molecule has 5 nitrogen and oxygen atoms in total. The van der Waals surface area contributed by atoms with Crippen LogP contribution in [-0.2, 0) is 17.5 Å². The third-order valence-corrected chi connectivity index (χ3v) is 3.84. The van der Waals surface area contributed by atoms with Gasteiger partial charge < -0.3 is 9.47 Å². The number of para-hydroxylation sites is 1. The number of alkyl halides is 3. The smallest absolute Gasteiger partial charge is 0.307 e. The Hall–Kier alpha value is -2.86. The van der Waals surface area contributed by atoms with Gasteiger partial charge in [-0.2, -0.15) is 18.4 Å². The Morgan fingerprint density at radius 1 is 1.30 bits per heavy atom. The zero-order valence-electron chi connectivity index (χ0n) is 13.6. The van der Waals surface area contributed by atoms with Crippen LogP contribution >= 0.6 is 11.6 Å². The van der Waals surface area contributed by atoms with E-state index in [1.165, 1.54) is 18.2 Å². The first-order valence-corrected chi connectivity index (χ1v) is 7.92. The third-order valence-electron chi connectivity index (χ3n) is 3.57. The third kappa shape index (κ3) is 4.86. The Labute approximate surface area is 156 Å². The summed E-state index contributed by atoms with van der Waals surface area (Å²) in [5, 5.41) is 8.03. The van der Waals surface area contributed by atoms with Crippen LogP contribution in [0.3, 0.4) is 0 Å². The second kappa shape index (κ2) is 8.22. The van der Waals surface area contributed by atoms with Gasteiger partial charge in [0, 0.05) is 12.7 Å². The number of carbonyl (C=O) groups is 1. The van der Waals surface area contributed by atoms with Gasteiger partial charge in [0.25, 0.3) is 5.56 Å².